The summed E-state index contributed by atoms with van der Waals surface area (Å²) in [4.78, 5) is 38.0. The van der Waals surface area contributed by atoms with Gasteiger partial charge in [0.25, 0.3) is 5.91 Å². The minimum Gasteiger partial charge on any atom is -0.481 e. The summed E-state index contributed by atoms with van der Waals surface area (Å²) in [6, 6.07) is 23.1. The van der Waals surface area contributed by atoms with E-state index in [4.69, 9.17) is 4.74 Å². The highest BCUT2D eigenvalue weighted by Gasteiger charge is 2.34. The van der Waals surface area contributed by atoms with Crippen LogP contribution in [0.2, 0.25) is 0 Å². The van der Waals surface area contributed by atoms with Crippen molar-refractivity contribution in [3.63, 3.8) is 0 Å². The Kier molecular flexibility index (Phi) is 7.55. The predicted molar refractivity (Wildman–Crippen MR) is 154 cm³/mol. The number of amides is 2. The standard InChI is InChI=1S/C33H33N3O5/c37-29-20-41-32(24-9-2-1-3-10-24)35-36(29)19-21-13-15-23(16-14-21)30(22-7-4-5-8-22)31(38)34-28-12-6-11-25-17-26(33(39)40)18-27(25)28/h1-3,6,9-16,22,26,30H,4-5,7-8,17-20H2,(H,34,38)(H,39,40)/t26-,30-/m0/s1. The average Bonchev–Trinajstić information content (AvgIpc) is 3.67. The maximum Gasteiger partial charge on any atom is 0.307 e. The Morgan fingerprint density at radius 2 is 1.73 bits per heavy atom. The minimum atomic E-state index is -0.803. The van der Waals surface area contributed by atoms with E-state index in [-0.39, 0.29) is 30.3 Å². The van der Waals surface area contributed by atoms with Crippen LogP contribution in [0.25, 0.3) is 0 Å². The van der Waals surface area contributed by atoms with Crippen LogP contribution in [0, 0.1) is 11.8 Å². The van der Waals surface area contributed by atoms with E-state index in [2.05, 4.69) is 10.4 Å². The second-order valence-corrected chi connectivity index (χ2v) is 11.2. The Labute approximate surface area is 239 Å². The summed E-state index contributed by atoms with van der Waals surface area (Å²) in [6.45, 7) is 0.242. The van der Waals surface area contributed by atoms with Gasteiger partial charge in [0, 0.05) is 11.3 Å². The third-order valence-electron chi connectivity index (χ3n) is 8.47. The van der Waals surface area contributed by atoms with Gasteiger partial charge in [-0.3, -0.25) is 14.4 Å². The smallest absolute Gasteiger partial charge is 0.307 e. The highest BCUT2D eigenvalue weighted by atomic mass is 16.5. The minimum absolute atomic E-state index is 0.0581. The first-order chi connectivity index (χ1) is 20.0. The number of carboxylic acid groups (broad SMARTS) is 1. The predicted octanol–water partition coefficient (Wildman–Crippen LogP) is 5.12. The molecule has 0 radical (unpaired) electrons. The molecule has 0 unspecified atom stereocenters. The SMILES string of the molecule is O=C(O)[C@H]1Cc2cccc(NC(=O)[C@H](c3ccc(CN4N=C(c5ccccc5)OCC4=O)cc3)C3CCCC3)c2C1. The summed E-state index contributed by atoms with van der Waals surface area (Å²) >= 11 is 0. The van der Waals surface area contributed by atoms with Crippen LogP contribution in [0.4, 0.5) is 5.69 Å². The molecule has 2 atom stereocenters. The van der Waals surface area contributed by atoms with Crippen molar-refractivity contribution in [1.82, 2.24) is 5.01 Å². The highest BCUT2D eigenvalue weighted by Crippen LogP contribution is 2.39. The number of carboxylic acids is 1. The van der Waals surface area contributed by atoms with Crippen molar-refractivity contribution in [1.29, 1.82) is 0 Å². The van der Waals surface area contributed by atoms with Gasteiger partial charge in [0.05, 0.1) is 18.4 Å². The van der Waals surface area contributed by atoms with Gasteiger partial charge in [-0.1, -0.05) is 67.4 Å². The number of ether oxygens (including phenoxy) is 1. The number of benzene rings is 3. The van der Waals surface area contributed by atoms with Crippen LogP contribution in [0.15, 0.2) is 77.9 Å². The molecule has 2 amide bonds. The van der Waals surface area contributed by atoms with Crippen LogP contribution in [-0.2, 0) is 38.5 Å². The normalized spacial score (nSPS) is 19.3. The molecule has 8 heteroatoms. The zero-order chi connectivity index (χ0) is 28.3. The zero-order valence-electron chi connectivity index (χ0n) is 22.8. The number of carbonyl (C=O) groups excluding carboxylic acids is 2. The van der Waals surface area contributed by atoms with Crippen LogP contribution in [0.5, 0.6) is 0 Å². The number of aliphatic carboxylic acids is 1. The molecule has 2 aliphatic carbocycles. The summed E-state index contributed by atoms with van der Waals surface area (Å²) in [5, 5.41) is 18.6. The first-order valence-corrected chi connectivity index (χ1v) is 14.3. The van der Waals surface area contributed by atoms with Gasteiger partial charge in [0.2, 0.25) is 11.8 Å². The third-order valence-corrected chi connectivity index (χ3v) is 8.47. The lowest BCUT2D eigenvalue weighted by atomic mass is 9.83. The largest absolute Gasteiger partial charge is 0.481 e. The molecular weight excluding hydrogens is 518 g/mol. The van der Waals surface area contributed by atoms with Gasteiger partial charge in [0.15, 0.2) is 6.61 Å². The number of fused-ring (bicyclic) bond motifs is 1. The molecule has 0 saturated heterocycles. The number of rotatable bonds is 8. The Bertz CT molecular complexity index is 1480. The van der Waals surface area contributed by atoms with Crippen LogP contribution in [0.1, 0.15) is 59.4 Å². The molecular formula is C33H33N3O5. The van der Waals surface area contributed by atoms with Crippen molar-refractivity contribution >= 4 is 29.4 Å². The Morgan fingerprint density at radius 3 is 2.46 bits per heavy atom. The van der Waals surface area contributed by atoms with Gasteiger partial charge < -0.3 is 15.2 Å². The Balaban J connectivity index is 1.20. The van der Waals surface area contributed by atoms with E-state index in [1.165, 1.54) is 5.01 Å². The van der Waals surface area contributed by atoms with Crippen molar-refractivity contribution in [3.05, 3.63) is 101 Å². The average molecular weight is 552 g/mol. The van der Waals surface area contributed by atoms with Gasteiger partial charge >= 0.3 is 5.97 Å². The molecule has 6 rings (SSSR count). The number of hydrogen-bond acceptors (Lipinski definition) is 5. The van der Waals surface area contributed by atoms with Gasteiger partial charge in [-0.25, -0.2) is 5.01 Å². The molecule has 210 valence electrons. The lowest BCUT2D eigenvalue weighted by molar-refractivity contribution is -0.141. The molecule has 1 heterocycles. The number of carbonyl (C=O) groups is 3. The Hall–Kier alpha value is -4.46. The molecule has 3 aromatic rings. The molecule has 0 bridgehead atoms. The van der Waals surface area contributed by atoms with Crippen molar-refractivity contribution in [2.75, 3.05) is 11.9 Å². The van der Waals surface area contributed by atoms with E-state index >= 15 is 0 Å². The van der Waals surface area contributed by atoms with Crippen LogP contribution >= 0.6 is 0 Å². The second kappa shape index (κ2) is 11.6. The quantitative estimate of drug-likeness (QED) is 0.404. The summed E-state index contributed by atoms with van der Waals surface area (Å²) in [7, 11) is 0. The second-order valence-electron chi connectivity index (χ2n) is 11.2. The molecule has 1 aliphatic heterocycles. The fourth-order valence-electron chi connectivity index (χ4n) is 6.33. The molecule has 8 nitrogen and oxygen atoms in total. The molecule has 3 aromatic carbocycles. The first-order valence-electron chi connectivity index (χ1n) is 14.3. The third kappa shape index (κ3) is 5.73. The first kappa shape index (κ1) is 26.7. The lowest BCUT2D eigenvalue weighted by Gasteiger charge is -2.25. The summed E-state index contributed by atoms with van der Waals surface area (Å²) in [6.07, 6.45) is 5.12. The fourth-order valence-corrected chi connectivity index (χ4v) is 6.33. The molecule has 1 fully saturated rings. The van der Waals surface area contributed by atoms with Gasteiger partial charge in [0.1, 0.15) is 0 Å². The number of nitrogens with one attached hydrogen (secondary N) is 1. The van der Waals surface area contributed by atoms with Gasteiger partial charge in [-0.2, -0.15) is 0 Å². The van der Waals surface area contributed by atoms with E-state index in [1.54, 1.807) is 0 Å². The van der Waals surface area contributed by atoms with Crippen LogP contribution < -0.4 is 5.32 Å². The van der Waals surface area contributed by atoms with E-state index in [9.17, 15) is 19.5 Å². The maximum absolute atomic E-state index is 13.8. The van der Waals surface area contributed by atoms with E-state index in [1.807, 2.05) is 72.8 Å². The Morgan fingerprint density at radius 1 is 0.976 bits per heavy atom. The molecule has 0 spiro atoms. The maximum atomic E-state index is 13.8. The monoisotopic (exact) mass is 551 g/mol. The number of anilines is 1. The number of hydrogen-bond donors (Lipinski definition) is 2. The summed E-state index contributed by atoms with van der Waals surface area (Å²) < 4.78 is 5.56. The zero-order valence-corrected chi connectivity index (χ0v) is 22.8. The molecule has 1 saturated carbocycles. The van der Waals surface area contributed by atoms with E-state index in [0.717, 1.165) is 53.5 Å². The number of nitrogens with zero attached hydrogens (tertiary/aromatic N) is 2. The van der Waals surface area contributed by atoms with Gasteiger partial charge in [-0.15, -0.1) is 5.10 Å². The lowest BCUT2D eigenvalue weighted by Crippen LogP contribution is -2.36. The fraction of sp³-hybridized carbons (Fsp3) is 0.333. The topological polar surface area (TPSA) is 108 Å². The van der Waals surface area contributed by atoms with Crippen molar-refractivity contribution in [2.45, 2.75) is 51.0 Å². The van der Waals surface area contributed by atoms with E-state index in [0.29, 0.717) is 31.0 Å². The molecule has 0 aromatic heterocycles. The van der Waals surface area contributed by atoms with Crippen molar-refractivity contribution in [3.8, 4) is 0 Å². The van der Waals surface area contributed by atoms with Gasteiger partial charge in [-0.05, 0) is 72.1 Å². The summed E-state index contributed by atoms with van der Waals surface area (Å²) in [5.74, 6) is -1.18. The summed E-state index contributed by atoms with van der Waals surface area (Å²) in [5.41, 5.74) is 5.30. The van der Waals surface area contributed by atoms with E-state index < -0.39 is 11.9 Å². The van der Waals surface area contributed by atoms with Crippen LogP contribution in [0.3, 0.4) is 0 Å². The van der Waals surface area contributed by atoms with Crippen molar-refractivity contribution < 1.29 is 24.2 Å². The molecule has 3 aliphatic rings. The van der Waals surface area contributed by atoms with Crippen molar-refractivity contribution in [2.24, 2.45) is 16.9 Å². The molecule has 2 N–H and O–H groups in total. The van der Waals surface area contributed by atoms with Crippen LogP contribution in [-0.4, -0.2) is 40.4 Å². The molecule has 41 heavy (non-hydrogen) atoms. The number of hydrazone groups is 1. The highest BCUT2D eigenvalue weighted by molar-refractivity contribution is 5.98.